The first kappa shape index (κ1) is 22.6. The molecule has 1 atom stereocenters. The van der Waals surface area contributed by atoms with E-state index in [9.17, 15) is 0 Å². The van der Waals surface area contributed by atoms with Gasteiger partial charge in [-0.1, -0.05) is 19.1 Å². The van der Waals surface area contributed by atoms with Gasteiger partial charge >= 0.3 is 0 Å². The highest BCUT2D eigenvalue weighted by molar-refractivity contribution is 5.58. The van der Waals surface area contributed by atoms with Crippen LogP contribution in [0.1, 0.15) is 56.7 Å². The van der Waals surface area contributed by atoms with E-state index < -0.39 is 5.54 Å². The average molecular weight is 474 g/mol. The van der Waals surface area contributed by atoms with Crippen molar-refractivity contribution in [2.75, 3.05) is 37.7 Å². The molecule has 184 valence electrons. The van der Waals surface area contributed by atoms with Crippen molar-refractivity contribution < 1.29 is 4.74 Å². The van der Waals surface area contributed by atoms with Crippen LogP contribution < -0.4 is 10.2 Å². The van der Waals surface area contributed by atoms with Gasteiger partial charge in [-0.25, -0.2) is 4.68 Å². The summed E-state index contributed by atoms with van der Waals surface area (Å²) in [7, 11) is 0. The van der Waals surface area contributed by atoms with Gasteiger partial charge in [0.05, 0.1) is 37.0 Å². The van der Waals surface area contributed by atoms with E-state index in [0.29, 0.717) is 31.1 Å². The first-order valence-corrected chi connectivity index (χ1v) is 13.0. The van der Waals surface area contributed by atoms with Crippen molar-refractivity contribution in [1.29, 1.82) is 0 Å². The zero-order chi connectivity index (χ0) is 23.8. The van der Waals surface area contributed by atoms with E-state index in [4.69, 9.17) is 9.72 Å². The molecule has 2 aliphatic heterocycles. The summed E-state index contributed by atoms with van der Waals surface area (Å²) in [5.74, 6) is 1.33. The van der Waals surface area contributed by atoms with Crippen molar-refractivity contribution in [2.24, 2.45) is 5.92 Å². The number of rotatable bonds is 8. The van der Waals surface area contributed by atoms with Crippen LogP contribution in [0.3, 0.4) is 0 Å². The number of ether oxygens (including phenoxy) is 1. The second-order valence-corrected chi connectivity index (χ2v) is 10.8. The number of hydrogen-bond donors (Lipinski definition) is 1. The maximum absolute atomic E-state index is 5.67. The van der Waals surface area contributed by atoms with Crippen LogP contribution >= 0.6 is 0 Å². The lowest BCUT2D eigenvalue weighted by Gasteiger charge is -2.40. The van der Waals surface area contributed by atoms with Gasteiger partial charge in [-0.2, -0.15) is 0 Å². The van der Waals surface area contributed by atoms with Crippen molar-refractivity contribution in [2.45, 2.75) is 57.0 Å². The Balaban J connectivity index is 1.19. The zero-order valence-corrected chi connectivity index (χ0v) is 20.7. The summed E-state index contributed by atoms with van der Waals surface area (Å²) < 4.78 is 7.60. The highest BCUT2D eigenvalue weighted by atomic mass is 16.5. The summed E-state index contributed by atoms with van der Waals surface area (Å²) in [6.07, 6.45) is 12.8. The molecule has 6 rings (SSSR count). The third kappa shape index (κ3) is 4.57. The van der Waals surface area contributed by atoms with Crippen LogP contribution in [0.2, 0.25) is 0 Å². The maximum Gasteiger partial charge on any atom is 0.152 e. The van der Waals surface area contributed by atoms with E-state index in [1.54, 1.807) is 0 Å². The Kier molecular flexibility index (Phi) is 6.02. The molecule has 0 bridgehead atoms. The van der Waals surface area contributed by atoms with Gasteiger partial charge in [0.1, 0.15) is 5.69 Å². The first-order chi connectivity index (χ1) is 17.1. The number of anilines is 1. The van der Waals surface area contributed by atoms with E-state index in [0.717, 1.165) is 36.6 Å². The minimum Gasteiger partial charge on any atom is -0.375 e. The molecular weight excluding hydrogens is 438 g/mol. The van der Waals surface area contributed by atoms with Gasteiger partial charge in [0.15, 0.2) is 5.54 Å². The quantitative estimate of drug-likeness (QED) is 0.535. The second-order valence-electron chi connectivity index (χ2n) is 10.8. The molecular formula is C27H35N7O. The molecule has 0 radical (unpaired) electrons. The molecule has 35 heavy (non-hydrogen) atoms. The second kappa shape index (κ2) is 9.32. The van der Waals surface area contributed by atoms with Crippen LogP contribution in [-0.4, -0.2) is 63.9 Å². The molecule has 3 aromatic rings. The normalized spacial score (nSPS) is 21.8. The molecule has 0 amide bonds. The van der Waals surface area contributed by atoms with Crippen LogP contribution in [0.15, 0.2) is 43.0 Å². The highest BCUT2D eigenvalue weighted by Crippen LogP contribution is 2.41. The Labute approximate surface area is 207 Å². The fourth-order valence-electron chi connectivity index (χ4n) is 5.16. The van der Waals surface area contributed by atoms with E-state index >= 15 is 0 Å². The molecule has 0 aromatic carbocycles. The SMILES string of the molecule is CC(C)CN[C@@H]1CCCN(c2ccc(C3(n4cc(-c5cncc(C6CC6)c5)nn4)COC3)nc2)C1. The fourth-order valence-corrected chi connectivity index (χ4v) is 5.16. The van der Waals surface area contributed by atoms with Gasteiger partial charge in [-0.05, 0) is 67.8 Å². The molecule has 3 fully saturated rings. The lowest BCUT2D eigenvalue weighted by atomic mass is 9.92. The minimum atomic E-state index is -0.408. The fraction of sp³-hybridized carbons (Fsp3) is 0.556. The Morgan fingerprint density at radius 1 is 1.14 bits per heavy atom. The Bertz CT molecular complexity index is 1150. The predicted molar refractivity (Wildman–Crippen MR) is 135 cm³/mol. The van der Waals surface area contributed by atoms with Gasteiger partial charge in [0, 0.05) is 37.1 Å². The monoisotopic (exact) mass is 473 g/mol. The number of hydrogen-bond acceptors (Lipinski definition) is 7. The summed E-state index contributed by atoms with van der Waals surface area (Å²) >= 11 is 0. The molecule has 2 saturated heterocycles. The smallest absolute Gasteiger partial charge is 0.152 e. The van der Waals surface area contributed by atoms with Crippen molar-refractivity contribution in [1.82, 2.24) is 30.3 Å². The van der Waals surface area contributed by atoms with Crippen molar-refractivity contribution >= 4 is 5.69 Å². The summed E-state index contributed by atoms with van der Waals surface area (Å²) in [5.41, 5.74) is 4.91. The summed E-state index contributed by atoms with van der Waals surface area (Å²) in [4.78, 5) is 11.8. The zero-order valence-electron chi connectivity index (χ0n) is 20.7. The lowest BCUT2D eigenvalue weighted by Crippen LogP contribution is -2.53. The standard InChI is InChI=1S/C27H35N7O/c1-19(2)11-29-23-4-3-9-33(15-23)24-7-8-26(30-14-24)27(17-35-18-27)34-16-25(31-32-34)22-10-21(12-28-13-22)20-5-6-20/h7-8,10,12-14,16,19-20,23,29H,3-6,9,11,15,17-18H2,1-2H3/t23-/m1/s1. The summed E-state index contributed by atoms with van der Waals surface area (Å²) in [6, 6.07) is 7.09. The molecule has 3 aromatic heterocycles. The average Bonchev–Trinajstić information content (AvgIpc) is 3.60. The largest absolute Gasteiger partial charge is 0.375 e. The Hall–Kier alpha value is -2.84. The topological polar surface area (TPSA) is 81.0 Å². The number of nitrogens with one attached hydrogen (secondary N) is 1. The molecule has 1 N–H and O–H groups in total. The van der Waals surface area contributed by atoms with Crippen molar-refractivity contribution in [3.8, 4) is 11.3 Å². The van der Waals surface area contributed by atoms with E-state index in [2.05, 4.69) is 57.6 Å². The van der Waals surface area contributed by atoms with Crippen LogP contribution in [0.25, 0.3) is 11.3 Å². The van der Waals surface area contributed by atoms with E-state index in [1.807, 2.05) is 29.5 Å². The third-order valence-electron chi connectivity index (χ3n) is 7.54. The summed E-state index contributed by atoms with van der Waals surface area (Å²) in [5, 5.41) is 12.7. The molecule has 3 aliphatic rings. The molecule has 5 heterocycles. The van der Waals surface area contributed by atoms with Gasteiger partial charge < -0.3 is 15.0 Å². The van der Waals surface area contributed by atoms with Crippen LogP contribution in [0.5, 0.6) is 0 Å². The van der Waals surface area contributed by atoms with E-state index in [1.165, 1.54) is 36.9 Å². The number of piperidine rings is 1. The lowest BCUT2D eigenvalue weighted by molar-refractivity contribution is -0.0851. The minimum absolute atomic E-state index is 0.408. The Morgan fingerprint density at radius 3 is 2.74 bits per heavy atom. The van der Waals surface area contributed by atoms with E-state index in [-0.39, 0.29) is 0 Å². The summed E-state index contributed by atoms with van der Waals surface area (Å²) in [6.45, 7) is 8.80. The molecule has 1 aliphatic carbocycles. The van der Waals surface area contributed by atoms with Crippen molar-refractivity contribution in [3.05, 3.63) is 54.2 Å². The predicted octanol–water partition coefficient (Wildman–Crippen LogP) is 3.60. The molecule has 0 spiro atoms. The van der Waals surface area contributed by atoms with Crippen LogP contribution in [0.4, 0.5) is 5.69 Å². The van der Waals surface area contributed by atoms with Crippen molar-refractivity contribution in [3.63, 3.8) is 0 Å². The number of pyridine rings is 2. The molecule has 8 nitrogen and oxygen atoms in total. The van der Waals surface area contributed by atoms with Crippen LogP contribution in [-0.2, 0) is 10.3 Å². The maximum atomic E-state index is 5.67. The van der Waals surface area contributed by atoms with Gasteiger partial charge in [0.25, 0.3) is 0 Å². The van der Waals surface area contributed by atoms with Gasteiger partial charge in [-0.15, -0.1) is 5.10 Å². The van der Waals surface area contributed by atoms with Crippen LogP contribution in [0, 0.1) is 5.92 Å². The number of aromatic nitrogens is 5. The molecule has 0 unspecified atom stereocenters. The Morgan fingerprint density at radius 2 is 2.03 bits per heavy atom. The van der Waals surface area contributed by atoms with Gasteiger partial charge in [0.2, 0.25) is 0 Å². The highest BCUT2D eigenvalue weighted by Gasteiger charge is 2.45. The number of nitrogens with zero attached hydrogens (tertiary/aromatic N) is 6. The third-order valence-corrected chi connectivity index (χ3v) is 7.54. The first-order valence-electron chi connectivity index (χ1n) is 13.0. The molecule has 8 heteroatoms. The van der Waals surface area contributed by atoms with Gasteiger partial charge in [-0.3, -0.25) is 9.97 Å². The molecule has 1 saturated carbocycles.